The van der Waals surface area contributed by atoms with Crippen LogP contribution in [0.15, 0.2) is 70.6 Å². The van der Waals surface area contributed by atoms with Crippen molar-refractivity contribution < 1.29 is 24.2 Å². The van der Waals surface area contributed by atoms with Gasteiger partial charge in [-0.1, -0.05) is 24.3 Å². The van der Waals surface area contributed by atoms with Crippen molar-refractivity contribution in [3.63, 3.8) is 0 Å². The molecular formula is C24H21NO5S2. The lowest BCUT2D eigenvalue weighted by molar-refractivity contribution is -0.146. The number of carbonyl (C=O) groups excluding carboxylic acids is 3. The zero-order chi connectivity index (χ0) is 22.8. The first-order valence-corrected chi connectivity index (χ1v) is 11.8. The van der Waals surface area contributed by atoms with Crippen LogP contribution in [0, 0.1) is 0 Å². The van der Waals surface area contributed by atoms with Gasteiger partial charge < -0.3 is 9.84 Å². The number of hydrogen-bond acceptors (Lipinski definition) is 7. The molecule has 0 aliphatic carbocycles. The van der Waals surface area contributed by atoms with Gasteiger partial charge in [-0.2, -0.15) is 0 Å². The third-order valence-electron chi connectivity index (χ3n) is 4.94. The minimum atomic E-state index is -0.728. The lowest BCUT2D eigenvalue weighted by atomic mass is 10.0. The van der Waals surface area contributed by atoms with Gasteiger partial charge in [0.15, 0.2) is 5.76 Å². The van der Waals surface area contributed by atoms with Crippen molar-refractivity contribution in [2.24, 2.45) is 0 Å². The number of esters is 1. The summed E-state index contributed by atoms with van der Waals surface area (Å²) in [6.45, 7) is 3.58. The van der Waals surface area contributed by atoms with Crippen molar-refractivity contribution in [1.82, 2.24) is 0 Å². The standard InChI is InChI=1S/C24H21NO5S2/c1-14(2)30-19(26)13-15-7-9-16(10-8-15)25-21(17-5-3-11-31-17)20(23(28)24(25)29)22(27)18-6-4-12-32-18/h3-12,14,21,28H,13H2,1-2H3. The molecule has 6 nitrogen and oxygen atoms in total. The average Bonchev–Trinajstić information content (AvgIpc) is 3.50. The highest BCUT2D eigenvalue weighted by atomic mass is 32.1. The highest BCUT2D eigenvalue weighted by Crippen LogP contribution is 2.43. The summed E-state index contributed by atoms with van der Waals surface area (Å²) in [7, 11) is 0. The molecule has 0 fully saturated rings. The highest BCUT2D eigenvalue weighted by molar-refractivity contribution is 7.12. The van der Waals surface area contributed by atoms with Crippen LogP contribution >= 0.6 is 22.7 Å². The van der Waals surface area contributed by atoms with Crippen LogP contribution in [0.2, 0.25) is 0 Å². The fourth-order valence-corrected chi connectivity index (χ4v) is 5.11. The van der Waals surface area contributed by atoms with Crippen molar-refractivity contribution in [3.05, 3.63) is 85.9 Å². The van der Waals surface area contributed by atoms with E-state index in [1.54, 1.807) is 55.6 Å². The molecule has 1 amide bonds. The molecule has 3 aromatic rings. The number of rotatable bonds is 7. The van der Waals surface area contributed by atoms with Gasteiger partial charge in [0.1, 0.15) is 6.04 Å². The molecule has 0 spiro atoms. The van der Waals surface area contributed by atoms with Crippen molar-refractivity contribution in [2.75, 3.05) is 4.90 Å². The van der Waals surface area contributed by atoms with Crippen LogP contribution in [0.3, 0.4) is 0 Å². The van der Waals surface area contributed by atoms with Crippen LogP contribution in [0.1, 0.15) is 40.0 Å². The Balaban J connectivity index is 1.67. The molecule has 3 heterocycles. The molecule has 1 aliphatic rings. The van der Waals surface area contributed by atoms with E-state index in [2.05, 4.69) is 0 Å². The number of thiophene rings is 2. The molecule has 0 radical (unpaired) electrons. The minimum Gasteiger partial charge on any atom is -0.503 e. The molecule has 2 aromatic heterocycles. The number of Topliss-reactive ketones (excluding diaryl/α,β-unsaturated/α-hetero) is 1. The van der Waals surface area contributed by atoms with Gasteiger partial charge in [0.25, 0.3) is 5.91 Å². The number of aliphatic hydroxyl groups is 1. The van der Waals surface area contributed by atoms with Gasteiger partial charge in [0.2, 0.25) is 5.78 Å². The van der Waals surface area contributed by atoms with Gasteiger partial charge in [-0.15, -0.1) is 22.7 Å². The first kappa shape index (κ1) is 22.0. The van der Waals surface area contributed by atoms with Gasteiger partial charge in [0, 0.05) is 10.6 Å². The van der Waals surface area contributed by atoms with Crippen molar-refractivity contribution in [1.29, 1.82) is 0 Å². The Kier molecular flexibility index (Phi) is 6.25. The van der Waals surface area contributed by atoms with Crippen LogP contribution in [0.25, 0.3) is 0 Å². The van der Waals surface area contributed by atoms with Crippen molar-refractivity contribution >= 4 is 46.0 Å². The summed E-state index contributed by atoms with van der Waals surface area (Å²) >= 11 is 2.67. The number of hydrogen-bond donors (Lipinski definition) is 1. The number of aliphatic hydroxyl groups excluding tert-OH is 1. The average molecular weight is 468 g/mol. The lowest BCUT2D eigenvalue weighted by Crippen LogP contribution is -2.30. The molecule has 0 bridgehead atoms. The maximum Gasteiger partial charge on any atom is 0.310 e. The molecule has 1 unspecified atom stereocenters. The predicted molar refractivity (Wildman–Crippen MR) is 124 cm³/mol. The molecule has 1 aromatic carbocycles. The maximum absolute atomic E-state index is 13.2. The Morgan fingerprint density at radius 2 is 1.75 bits per heavy atom. The van der Waals surface area contributed by atoms with Crippen LogP contribution in [0.5, 0.6) is 0 Å². The van der Waals surface area contributed by atoms with E-state index < -0.39 is 17.7 Å². The predicted octanol–water partition coefficient (Wildman–Crippen LogP) is 5.09. The van der Waals surface area contributed by atoms with E-state index in [4.69, 9.17) is 4.74 Å². The van der Waals surface area contributed by atoms with Crippen LogP contribution in [0.4, 0.5) is 5.69 Å². The zero-order valence-corrected chi connectivity index (χ0v) is 19.1. The number of carbonyl (C=O) groups is 3. The number of amides is 1. The van der Waals surface area contributed by atoms with Gasteiger partial charge in [-0.3, -0.25) is 19.3 Å². The van der Waals surface area contributed by atoms with E-state index in [9.17, 15) is 19.5 Å². The topological polar surface area (TPSA) is 83.9 Å². The molecule has 164 valence electrons. The fraction of sp³-hybridized carbons (Fsp3) is 0.208. The number of ether oxygens (including phenoxy) is 1. The summed E-state index contributed by atoms with van der Waals surface area (Å²) in [5.74, 6) is -1.86. The molecule has 1 N–H and O–H groups in total. The molecule has 4 rings (SSSR count). The normalized spacial score (nSPS) is 16.2. The Hall–Kier alpha value is -3.23. The van der Waals surface area contributed by atoms with Gasteiger partial charge in [-0.25, -0.2) is 0 Å². The Bertz CT molecular complexity index is 1160. The molecule has 8 heteroatoms. The molecule has 0 saturated heterocycles. The molecule has 0 saturated carbocycles. The first-order valence-electron chi connectivity index (χ1n) is 10.0. The summed E-state index contributed by atoms with van der Waals surface area (Å²) in [4.78, 5) is 40.9. The third kappa shape index (κ3) is 4.24. The number of benzene rings is 1. The summed E-state index contributed by atoms with van der Waals surface area (Å²) < 4.78 is 5.18. The molecule has 32 heavy (non-hydrogen) atoms. The smallest absolute Gasteiger partial charge is 0.310 e. The van der Waals surface area contributed by atoms with E-state index in [0.29, 0.717) is 10.6 Å². The summed E-state index contributed by atoms with van der Waals surface area (Å²) in [5.41, 5.74) is 1.34. The highest BCUT2D eigenvalue weighted by Gasteiger charge is 2.45. The van der Waals surface area contributed by atoms with E-state index in [-0.39, 0.29) is 29.9 Å². The Morgan fingerprint density at radius 3 is 2.34 bits per heavy atom. The number of nitrogens with zero attached hydrogens (tertiary/aromatic N) is 1. The van der Waals surface area contributed by atoms with Crippen LogP contribution < -0.4 is 4.90 Å². The largest absolute Gasteiger partial charge is 0.503 e. The monoisotopic (exact) mass is 467 g/mol. The summed E-state index contributed by atoms with van der Waals surface area (Å²) in [5, 5.41) is 14.3. The van der Waals surface area contributed by atoms with Crippen molar-refractivity contribution in [2.45, 2.75) is 32.4 Å². The summed E-state index contributed by atoms with van der Waals surface area (Å²) in [6.07, 6.45) is -0.0734. The zero-order valence-electron chi connectivity index (χ0n) is 17.5. The third-order valence-corrected chi connectivity index (χ3v) is 6.73. The first-order chi connectivity index (χ1) is 15.4. The Labute approximate surface area is 193 Å². The molecule has 1 aliphatic heterocycles. The SMILES string of the molecule is CC(C)OC(=O)Cc1ccc(N2C(=O)C(O)=C(C(=O)c3cccs3)C2c2cccs2)cc1. The van der Waals surface area contributed by atoms with E-state index in [1.807, 2.05) is 17.5 Å². The quantitative estimate of drug-likeness (QED) is 0.387. The minimum absolute atomic E-state index is 0.0736. The van der Waals surface area contributed by atoms with Crippen LogP contribution in [-0.4, -0.2) is 28.9 Å². The summed E-state index contributed by atoms with van der Waals surface area (Å²) in [6, 6.07) is 13.3. The lowest BCUT2D eigenvalue weighted by Gasteiger charge is -2.25. The second-order valence-electron chi connectivity index (χ2n) is 7.54. The van der Waals surface area contributed by atoms with Gasteiger partial charge >= 0.3 is 5.97 Å². The Morgan fingerprint density at radius 1 is 1.06 bits per heavy atom. The fourth-order valence-electron chi connectivity index (χ4n) is 3.61. The van der Waals surface area contributed by atoms with Gasteiger partial charge in [-0.05, 0) is 54.4 Å². The second-order valence-corrected chi connectivity index (χ2v) is 9.47. The molecular weight excluding hydrogens is 446 g/mol. The van der Waals surface area contributed by atoms with Gasteiger partial charge in [0.05, 0.1) is 23.0 Å². The van der Waals surface area contributed by atoms with E-state index >= 15 is 0 Å². The molecule has 1 atom stereocenters. The maximum atomic E-state index is 13.2. The van der Waals surface area contributed by atoms with Crippen LogP contribution in [-0.2, 0) is 20.7 Å². The van der Waals surface area contributed by atoms with E-state index in [1.165, 1.54) is 27.6 Å². The number of anilines is 1. The van der Waals surface area contributed by atoms with Crippen molar-refractivity contribution in [3.8, 4) is 0 Å². The second kappa shape index (κ2) is 9.10. The number of ketones is 1. The van der Waals surface area contributed by atoms with E-state index in [0.717, 1.165) is 10.4 Å².